The summed E-state index contributed by atoms with van der Waals surface area (Å²) in [6.45, 7) is 2.93. The van der Waals surface area contributed by atoms with E-state index in [0.717, 1.165) is 43.7 Å². The van der Waals surface area contributed by atoms with Crippen molar-refractivity contribution in [3.05, 3.63) is 24.3 Å². The van der Waals surface area contributed by atoms with Gasteiger partial charge in [-0.15, -0.1) is 0 Å². The van der Waals surface area contributed by atoms with Crippen molar-refractivity contribution in [2.45, 2.75) is 51.4 Å². The van der Waals surface area contributed by atoms with Crippen LogP contribution in [-0.4, -0.2) is 42.9 Å². The van der Waals surface area contributed by atoms with Crippen LogP contribution < -0.4 is 10.2 Å². The Morgan fingerprint density at radius 1 is 0.920 bits per heavy atom. The molecule has 0 aromatic heterocycles. The Labute approximate surface area is 150 Å². The van der Waals surface area contributed by atoms with Crippen LogP contribution in [-0.2, 0) is 9.59 Å². The van der Waals surface area contributed by atoms with Crippen LogP contribution in [0, 0.1) is 0 Å². The lowest BCUT2D eigenvalue weighted by molar-refractivity contribution is -0.134. The largest absolute Gasteiger partial charge is 0.370 e. The van der Waals surface area contributed by atoms with Crippen LogP contribution in [0.3, 0.4) is 0 Å². The molecule has 3 rings (SSSR count). The van der Waals surface area contributed by atoms with Crippen LogP contribution in [0.15, 0.2) is 24.3 Å². The summed E-state index contributed by atoms with van der Waals surface area (Å²) < 4.78 is 0. The molecule has 1 N–H and O–H groups in total. The van der Waals surface area contributed by atoms with E-state index in [4.69, 9.17) is 0 Å². The molecule has 136 valence electrons. The number of rotatable bonds is 4. The van der Waals surface area contributed by atoms with E-state index in [2.05, 4.69) is 16.3 Å². The highest BCUT2D eigenvalue weighted by Crippen LogP contribution is 2.28. The molecule has 2 aliphatic rings. The van der Waals surface area contributed by atoms with Gasteiger partial charge in [0.2, 0.25) is 11.8 Å². The second kappa shape index (κ2) is 8.88. The minimum atomic E-state index is -0.0995. The molecule has 2 saturated heterocycles. The van der Waals surface area contributed by atoms with Crippen LogP contribution in [0.2, 0.25) is 0 Å². The first-order valence-corrected chi connectivity index (χ1v) is 9.65. The summed E-state index contributed by atoms with van der Waals surface area (Å²) in [6.07, 6.45) is 8.52. The third-order valence-electron chi connectivity index (χ3n) is 5.13. The smallest absolute Gasteiger partial charge is 0.244 e. The highest BCUT2D eigenvalue weighted by Gasteiger charge is 2.20. The molecular formula is C20H29N3O2. The molecule has 25 heavy (non-hydrogen) atoms. The van der Waals surface area contributed by atoms with Gasteiger partial charge in [-0.25, -0.2) is 0 Å². The number of hydrogen-bond acceptors (Lipinski definition) is 3. The maximum atomic E-state index is 12.5. The van der Waals surface area contributed by atoms with Crippen molar-refractivity contribution in [1.29, 1.82) is 0 Å². The number of amides is 2. The fourth-order valence-corrected chi connectivity index (χ4v) is 3.74. The number of carbonyl (C=O) groups excluding carboxylic acids is 2. The summed E-state index contributed by atoms with van der Waals surface area (Å²) in [4.78, 5) is 28.7. The fraction of sp³-hybridized carbons (Fsp3) is 0.600. The van der Waals surface area contributed by atoms with E-state index in [-0.39, 0.29) is 18.4 Å². The quantitative estimate of drug-likeness (QED) is 0.911. The summed E-state index contributed by atoms with van der Waals surface area (Å²) in [5, 5.41) is 3.04. The molecule has 2 aliphatic heterocycles. The average molecular weight is 343 g/mol. The van der Waals surface area contributed by atoms with Gasteiger partial charge in [-0.05, 0) is 37.8 Å². The summed E-state index contributed by atoms with van der Waals surface area (Å²) in [5.74, 6) is 0.00553. The summed E-state index contributed by atoms with van der Waals surface area (Å²) >= 11 is 0. The number of anilines is 2. The van der Waals surface area contributed by atoms with Gasteiger partial charge < -0.3 is 15.1 Å². The second-order valence-corrected chi connectivity index (χ2v) is 7.09. The third-order valence-corrected chi connectivity index (χ3v) is 5.13. The molecule has 0 spiro atoms. The number of hydrogen-bond donors (Lipinski definition) is 1. The van der Waals surface area contributed by atoms with Gasteiger partial charge in [0.1, 0.15) is 0 Å². The Morgan fingerprint density at radius 2 is 1.60 bits per heavy atom. The topological polar surface area (TPSA) is 52.7 Å². The number of benzene rings is 1. The third kappa shape index (κ3) is 4.97. The van der Waals surface area contributed by atoms with Gasteiger partial charge in [-0.3, -0.25) is 9.59 Å². The first kappa shape index (κ1) is 17.8. The average Bonchev–Trinajstić information content (AvgIpc) is 2.99. The number of likely N-dealkylation sites (tertiary alicyclic amines) is 1. The van der Waals surface area contributed by atoms with E-state index in [0.29, 0.717) is 13.0 Å². The maximum Gasteiger partial charge on any atom is 0.244 e. The first-order valence-electron chi connectivity index (χ1n) is 9.65. The minimum Gasteiger partial charge on any atom is -0.370 e. The molecule has 0 atom stereocenters. The molecule has 0 aliphatic carbocycles. The van der Waals surface area contributed by atoms with Crippen molar-refractivity contribution in [3.8, 4) is 0 Å². The van der Waals surface area contributed by atoms with Crippen molar-refractivity contribution in [3.63, 3.8) is 0 Å². The van der Waals surface area contributed by atoms with Crippen molar-refractivity contribution < 1.29 is 9.59 Å². The molecule has 0 bridgehead atoms. The van der Waals surface area contributed by atoms with Crippen LogP contribution >= 0.6 is 0 Å². The van der Waals surface area contributed by atoms with Gasteiger partial charge in [0.05, 0.1) is 17.9 Å². The molecule has 2 amide bonds. The summed E-state index contributed by atoms with van der Waals surface area (Å²) in [6, 6.07) is 8.02. The molecule has 1 aromatic carbocycles. The highest BCUT2D eigenvalue weighted by atomic mass is 16.2. The Morgan fingerprint density at radius 3 is 2.40 bits per heavy atom. The van der Waals surface area contributed by atoms with Crippen LogP contribution in [0.1, 0.15) is 51.4 Å². The Balaban J connectivity index is 1.65. The lowest BCUT2D eigenvalue weighted by Gasteiger charge is -2.26. The minimum absolute atomic E-state index is 0.0995. The van der Waals surface area contributed by atoms with E-state index >= 15 is 0 Å². The number of nitrogens with zero attached hydrogens (tertiary/aromatic N) is 2. The van der Waals surface area contributed by atoms with Gasteiger partial charge >= 0.3 is 0 Å². The lowest BCUT2D eigenvalue weighted by Crippen LogP contribution is -2.37. The van der Waals surface area contributed by atoms with Gasteiger partial charge in [-0.2, -0.15) is 0 Å². The van der Waals surface area contributed by atoms with E-state index in [9.17, 15) is 9.59 Å². The zero-order chi connectivity index (χ0) is 17.5. The predicted octanol–water partition coefficient (Wildman–Crippen LogP) is 3.41. The lowest BCUT2D eigenvalue weighted by atomic mass is 10.2. The van der Waals surface area contributed by atoms with Gasteiger partial charge in [0.25, 0.3) is 0 Å². The first-order chi connectivity index (χ1) is 12.2. The monoisotopic (exact) mass is 343 g/mol. The second-order valence-electron chi connectivity index (χ2n) is 7.09. The molecule has 0 unspecified atom stereocenters. The molecule has 5 nitrogen and oxygen atoms in total. The Hall–Kier alpha value is -2.04. The Bertz CT molecular complexity index is 594. The van der Waals surface area contributed by atoms with Gasteiger partial charge in [0.15, 0.2) is 0 Å². The predicted molar refractivity (Wildman–Crippen MR) is 101 cm³/mol. The standard InChI is InChI=1S/C20H29N3O2/c24-19(16-23-15-9-3-4-12-20(23)25)21-17-10-5-6-11-18(17)22-13-7-1-2-8-14-22/h5-6,10-11H,1-4,7-9,12-16H2,(H,21,24). The summed E-state index contributed by atoms with van der Waals surface area (Å²) in [5.41, 5.74) is 1.96. The van der Waals surface area contributed by atoms with Crippen LogP contribution in [0.4, 0.5) is 11.4 Å². The SMILES string of the molecule is O=C(CN1CCCCCC1=O)Nc1ccccc1N1CCCCCC1. The molecule has 5 heteroatoms. The Kier molecular flexibility index (Phi) is 6.31. The zero-order valence-electron chi connectivity index (χ0n) is 15.0. The molecule has 0 saturated carbocycles. The molecular weight excluding hydrogens is 314 g/mol. The van der Waals surface area contributed by atoms with Gasteiger partial charge in [0, 0.05) is 26.1 Å². The number of nitrogens with one attached hydrogen (secondary N) is 1. The zero-order valence-corrected chi connectivity index (χ0v) is 15.0. The molecule has 2 fully saturated rings. The molecule has 1 aromatic rings. The molecule has 0 radical (unpaired) electrons. The van der Waals surface area contributed by atoms with E-state index in [1.165, 1.54) is 25.7 Å². The van der Waals surface area contributed by atoms with E-state index in [1.807, 2.05) is 18.2 Å². The number of para-hydroxylation sites is 2. The van der Waals surface area contributed by atoms with Crippen LogP contribution in [0.5, 0.6) is 0 Å². The van der Waals surface area contributed by atoms with Crippen molar-refractivity contribution in [2.75, 3.05) is 36.4 Å². The van der Waals surface area contributed by atoms with Crippen LogP contribution in [0.25, 0.3) is 0 Å². The van der Waals surface area contributed by atoms with Crippen molar-refractivity contribution in [2.24, 2.45) is 0 Å². The van der Waals surface area contributed by atoms with Crippen molar-refractivity contribution >= 4 is 23.2 Å². The highest BCUT2D eigenvalue weighted by molar-refractivity contribution is 5.97. The van der Waals surface area contributed by atoms with E-state index < -0.39 is 0 Å². The normalized spacial score (nSPS) is 19.3. The summed E-state index contributed by atoms with van der Waals surface area (Å²) in [7, 11) is 0. The van der Waals surface area contributed by atoms with E-state index in [1.54, 1.807) is 4.90 Å². The fourth-order valence-electron chi connectivity index (χ4n) is 3.74. The maximum absolute atomic E-state index is 12.5. The van der Waals surface area contributed by atoms with Crippen molar-refractivity contribution in [1.82, 2.24) is 4.90 Å². The van der Waals surface area contributed by atoms with Gasteiger partial charge in [-0.1, -0.05) is 31.4 Å². The molecule has 2 heterocycles. The number of carbonyl (C=O) groups is 2.